The van der Waals surface area contributed by atoms with Gasteiger partial charge in [-0.25, -0.2) is 4.79 Å². The molecule has 1 aliphatic heterocycles. The summed E-state index contributed by atoms with van der Waals surface area (Å²) in [5.41, 5.74) is 4.64. The van der Waals surface area contributed by atoms with E-state index in [0.29, 0.717) is 25.2 Å². The number of nitrogens with one attached hydrogen (secondary N) is 1. The van der Waals surface area contributed by atoms with E-state index in [1.807, 2.05) is 42.5 Å². The third kappa shape index (κ3) is 9.49. The van der Waals surface area contributed by atoms with Gasteiger partial charge in [-0.2, -0.15) is 5.26 Å². The summed E-state index contributed by atoms with van der Waals surface area (Å²) in [6.07, 6.45) is 2.24. The minimum Gasteiger partial charge on any atom is -0.408 e. The lowest BCUT2D eigenvalue weighted by Gasteiger charge is -2.04. The average molecular weight is 472 g/mol. The van der Waals surface area contributed by atoms with Crippen molar-refractivity contribution in [1.82, 2.24) is 9.88 Å². The fraction of sp³-hybridized carbons (Fsp3) is 0.462. The van der Waals surface area contributed by atoms with E-state index in [4.69, 9.17) is 24.6 Å². The second-order valence-corrected chi connectivity index (χ2v) is 7.60. The molecule has 3 N–H and O–H groups in total. The number of hydrogen-bond acceptors (Lipinski definition) is 7. The van der Waals surface area contributed by atoms with Crippen LogP contribution in [0.15, 0.2) is 51.7 Å². The lowest BCUT2D eigenvalue weighted by molar-refractivity contribution is 0.0594. The van der Waals surface area contributed by atoms with E-state index in [2.05, 4.69) is 25.2 Å². The summed E-state index contributed by atoms with van der Waals surface area (Å²) in [4.78, 5) is 11.5. The number of aliphatic hydroxyl groups is 2. The molecule has 1 aliphatic rings. The number of ether oxygens (including phenoxy) is 1. The fourth-order valence-corrected chi connectivity index (χ4v) is 3.06. The largest absolute Gasteiger partial charge is 0.419 e. The smallest absolute Gasteiger partial charge is 0.408 e. The van der Waals surface area contributed by atoms with Crippen molar-refractivity contribution < 1.29 is 19.4 Å². The van der Waals surface area contributed by atoms with Crippen LogP contribution in [0.2, 0.25) is 0 Å². The first-order valence-electron chi connectivity index (χ1n) is 11.5. The topological polar surface area (TPSA) is 121 Å². The van der Waals surface area contributed by atoms with Crippen molar-refractivity contribution in [1.29, 1.82) is 5.26 Å². The van der Waals surface area contributed by atoms with Crippen molar-refractivity contribution in [2.75, 3.05) is 33.4 Å². The normalized spacial score (nSPS) is 14.8. The Morgan fingerprint density at radius 2 is 1.79 bits per heavy atom. The third-order valence-electron chi connectivity index (χ3n) is 4.72. The molecule has 0 aliphatic carbocycles. The highest BCUT2D eigenvalue weighted by molar-refractivity contribution is 5.80. The summed E-state index contributed by atoms with van der Waals surface area (Å²) in [6.45, 7) is 6.97. The van der Waals surface area contributed by atoms with Crippen LogP contribution in [0.1, 0.15) is 32.3 Å². The van der Waals surface area contributed by atoms with Crippen molar-refractivity contribution >= 4 is 11.1 Å². The van der Waals surface area contributed by atoms with Crippen LogP contribution in [0.25, 0.3) is 22.2 Å². The van der Waals surface area contributed by atoms with Gasteiger partial charge in [0.1, 0.15) is 0 Å². The molecule has 1 unspecified atom stereocenters. The molecule has 1 saturated heterocycles. The highest BCUT2D eigenvalue weighted by Crippen LogP contribution is 2.24. The molecule has 1 fully saturated rings. The van der Waals surface area contributed by atoms with Gasteiger partial charge in [0, 0.05) is 33.7 Å². The standard InChI is InChI=1S/C17H14N2O2.C5H11NO2.C3H8.CH4O/c1-19-15-11-14(8-9-16(15)21-17(19)20)13-6-4-12(5-7-13)3-2-10-18;7-5-3-6-1-2-8-4-5;1-3-2;1-2/h4-9,11H,2-3H2,1H3;5-7H,1-4H2;3H2,1-2H3;2H,1H3. The number of nitrogens with zero attached hydrogens (tertiary/aromatic N) is 2. The van der Waals surface area contributed by atoms with Crippen LogP contribution < -0.4 is 11.1 Å². The Morgan fingerprint density at radius 3 is 2.44 bits per heavy atom. The molecular weight excluding hydrogens is 434 g/mol. The van der Waals surface area contributed by atoms with Gasteiger partial charge in [0.25, 0.3) is 0 Å². The van der Waals surface area contributed by atoms with E-state index in [9.17, 15) is 4.79 Å². The molecule has 8 heteroatoms. The number of β-amino-alcohol motifs (C(OH)–C–C–N with tert-alkyl or cyclic N) is 1. The monoisotopic (exact) mass is 471 g/mol. The maximum atomic E-state index is 11.5. The zero-order chi connectivity index (χ0) is 25.3. The molecule has 0 saturated carbocycles. The van der Waals surface area contributed by atoms with Gasteiger partial charge >= 0.3 is 5.76 Å². The summed E-state index contributed by atoms with van der Waals surface area (Å²) in [5, 5.41) is 27.5. The predicted octanol–water partition coefficient (Wildman–Crippen LogP) is 3.25. The van der Waals surface area contributed by atoms with E-state index < -0.39 is 0 Å². The molecule has 0 spiro atoms. The lowest BCUT2D eigenvalue weighted by atomic mass is 10.0. The molecule has 2 aromatic carbocycles. The molecule has 2 heterocycles. The Labute approximate surface area is 201 Å². The molecule has 0 amide bonds. The van der Waals surface area contributed by atoms with Crippen molar-refractivity contribution in [2.45, 2.75) is 39.2 Å². The lowest BCUT2D eigenvalue weighted by Crippen LogP contribution is -2.26. The van der Waals surface area contributed by atoms with E-state index in [1.54, 1.807) is 7.05 Å². The minimum atomic E-state index is -0.353. The van der Waals surface area contributed by atoms with Gasteiger partial charge in [0.15, 0.2) is 5.58 Å². The minimum absolute atomic E-state index is 0.308. The van der Waals surface area contributed by atoms with Crippen LogP contribution in [0.4, 0.5) is 0 Å². The Bertz CT molecular complexity index is 1040. The summed E-state index contributed by atoms with van der Waals surface area (Å²) in [5.74, 6) is -0.353. The van der Waals surface area contributed by atoms with Gasteiger partial charge in [-0.05, 0) is 35.2 Å². The van der Waals surface area contributed by atoms with Crippen molar-refractivity contribution in [3.05, 3.63) is 58.6 Å². The zero-order valence-electron chi connectivity index (χ0n) is 20.6. The molecule has 1 atom stereocenters. The van der Waals surface area contributed by atoms with E-state index in [-0.39, 0.29) is 11.9 Å². The van der Waals surface area contributed by atoms with Crippen molar-refractivity contribution in [3.8, 4) is 17.2 Å². The van der Waals surface area contributed by atoms with Gasteiger partial charge in [0.05, 0.1) is 30.9 Å². The first-order valence-corrected chi connectivity index (χ1v) is 11.5. The number of oxazole rings is 1. The number of benzene rings is 2. The SMILES string of the molecule is CCC.CO.Cn1c(=O)oc2ccc(-c3ccc(CCC#N)cc3)cc21.OC1CNCCOC1. The van der Waals surface area contributed by atoms with Crippen molar-refractivity contribution in [2.24, 2.45) is 7.05 Å². The Morgan fingerprint density at radius 1 is 1.15 bits per heavy atom. The van der Waals surface area contributed by atoms with Crippen LogP contribution in [0.3, 0.4) is 0 Å². The van der Waals surface area contributed by atoms with Crippen LogP contribution in [0, 0.1) is 11.3 Å². The summed E-state index contributed by atoms with van der Waals surface area (Å²) in [6, 6.07) is 16.0. The quantitative estimate of drug-likeness (QED) is 0.536. The van der Waals surface area contributed by atoms with Gasteiger partial charge in [-0.3, -0.25) is 4.57 Å². The van der Waals surface area contributed by atoms with Gasteiger partial charge in [-0.1, -0.05) is 50.6 Å². The van der Waals surface area contributed by atoms with Crippen LogP contribution in [-0.2, 0) is 18.2 Å². The molecule has 3 aromatic rings. The van der Waals surface area contributed by atoms with Gasteiger partial charge in [0.2, 0.25) is 0 Å². The molecular formula is C26H37N3O5. The third-order valence-corrected chi connectivity index (χ3v) is 4.72. The van der Waals surface area contributed by atoms with Crippen molar-refractivity contribution in [3.63, 3.8) is 0 Å². The summed E-state index contributed by atoms with van der Waals surface area (Å²) >= 11 is 0. The predicted molar refractivity (Wildman–Crippen MR) is 135 cm³/mol. The Hall–Kier alpha value is -2.96. The number of hydrogen-bond donors (Lipinski definition) is 3. The number of aryl methyl sites for hydroxylation is 2. The second-order valence-electron chi connectivity index (χ2n) is 7.60. The fourth-order valence-electron chi connectivity index (χ4n) is 3.06. The molecule has 1 aromatic heterocycles. The van der Waals surface area contributed by atoms with E-state index >= 15 is 0 Å². The molecule has 4 rings (SSSR count). The summed E-state index contributed by atoms with van der Waals surface area (Å²) in [7, 11) is 2.70. The maximum absolute atomic E-state index is 11.5. The van der Waals surface area contributed by atoms with Crippen LogP contribution in [0.5, 0.6) is 0 Å². The van der Waals surface area contributed by atoms with Gasteiger partial charge in [-0.15, -0.1) is 0 Å². The first kappa shape index (κ1) is 29.1. The van der Waals surface area contributed by atoms with E-state index in [1.165, 1.54) is 11.0 Å². The molecule has 0 bridgehead atoms. The molecule has 8 nitrogen and oxygen atoms in total. The van der Waals surface area contributed by atoms with Gasteiger partial charge < -0.3 is 24.7 Å². The number of fused-ring (bicyclic) bond motifs is 1. The number of aliphatic hydroxyl groups excluding tert-OH is 2. The van der Waals surface area contributed by atoms with E-state index in [0.717, 1.165) is 48.9 Å². The number of nitriles is 1. The van der Waals surface area contributed by atoms with Crippen LogP contribution in [-0.4, -0.2) is 54.3 Å². The Balaban J connectivity index is 0.000000369. The highest BCUT2D eigenvalue weighted by Gasteiger charge is 2.08. The molecule has 0 radical (unpaired) electrons. The Kier molecular flexibility index (Phi) is 14.2. The maximum Gasteiger partial charge on any atom is 0.419 e. The average Bonchev–Trinajstić information content (AvgIpc) is 3.00. The molecule has 186 valence electrons. The zero-order valence-corrected chi connectivity index (χ0v) is 20.6. The number of rotatable bonds is 3. The first-order chi connectivity index (χ1) is 16.5. The van der Waals surface area contributed by atoms with Crippen LogP contribution >= 0.6 is 0 Å². The second kappa shape index (κ2) is 16.6. The number of aromatic nitrogens is 1. The summed E-state index contributed by atoms with van der Waals surface area (Å²) < 4.78 is 11.6. The molecule has 34 heavy (non-hydrogen) atoms. The highest BCUT2D eigenvalue weighted by atomic mass is 16.5.